The third kappa shape index (κ3) is 4.94. The van der Waals surface area contributed by atoms with Gasteiger partial charge in [0.05, 0.1) is 0 Å². The van der Waals surface area contributed by atoms with E-state index in [4.69, 9.17) is 0 Å². The smallest absolute Gasteiger partial charge is 0.265 e. The summed E-state index contributed by atoms with van der Waals surface area (Å²) in [6.07, 6.45) is 0. The minimum Gasteiger partial charge on any atom is -0.265 e. The van der Waals surface area contributed by atoms with Crippen LogP contribution in [-0.2, 0) is 10.8 Å². The Labute approximate surface area is 155 Å². The Kier molecular flexibility index (Phi) is 5.55. The number of hydrogen-bond acceptors (Lipinski definition) is 2. The Morgan fingerprint density at radius 3 is 1.08 bits per heavy atom. The van der Waals surface area contributed by atoms with Gasteiger partial charge in [-0.15, -0.1) is 10.2 Å². The minimum atomic E-state index is -0.523. The quantitative estimate of drug-likeness (QED) is 0.651. The van der Waals surface area contributed by atoms with Crippen molar-refractivity contribution in [3.05, 3.63) is 70.8 Å². The molecule has 2 aromatic rings. The van der Waals surface area contributed by atoms with E-state index in [0.717, 1.165) is 11.1 Å². The van der Waals surface area contributed by atoms with Gasteiger partial charge in [-0.25, -0.2) is 0 Å². The van der Waals surface area contributed by atoms with E-state index in [2.05, 4.69) is 51.8 Å². The van der Waals surface area contributed by atoms with E-state index in [1.807, 2.05) is 24.3 Å². The van der Waals surface area contributed by atoms with Crippen molar-refractivity contribution in [2.45, 2.75) is 52.4 Å². The fraction of sp³-hybridized carbons (Fsp3) is 0.364. The number of hydrogen-bond donors (Lipinski definition) is 0. The second-order valence-corrected chi connectivity index (χ2v) is 8.47. The molecule has 0 aliphatic heterocycles. The van der Waals surface area contributed by atoms with Crippen LogP contribution in [0.15, 0.2) is 58.8 Å². The lowest BCUT2D eigenvalue weighted by atomic mass is 9.86. The standard InChI is InChI=1S/C22H26N2O2/c1-21(2,3)17-11-7-15(8-12-17)19(25)23-24-20(26)16-9-13-18(14-10-16)22(4,5)6/h7-14H,1-6H3. The molecule has 0 unspecified atom stereocenters. The van der Waals surface area contributed by atoms with Gasteiger partial charge < -0.3 is 0 Å². The van der Waals surface area contributed by atoms with Gasteiger partial charge in [0.1, 0.15) is 0 Å². The molecule has 0 bridgehead atoms. The summed E-state index contributed by atoms with van der Waals surface area (Å²) in [5.41, 5.74) is 3.11. The molecule has 0 atom stereocenters. The Morgan fingerprint density at radius 1 is 0.577 bits per heavy atom. The highest BCUT2D eigenvalue weighted by Crippen LogP contribution is 2.23. The average molecular weight is 350 g/mol. The van der Waals surface area contributed by atoms with E-state index in [-0.39, 0.29) is 10.8 Å². The highest BCUT2D eigenvalue weighted by atomic mass is 16.2. The normalized spacial score (nSPS) is 12.4. The molecular weight excluding hydrogens is 324 g/mol. The maximum absolute atomic E-state index is 12.1. The predicted molar refractivity (Wildman–Crippen MR) is 104 cm³/mol. The molecule has 4 nitrogen and oxygen atoms in total. The highest BCUT2D eigenvalue weighted by Gasteiger charge is 2.16. The number of carbonyl (C=O) groups is 2. The largest absolute Gasteiger partial charge is 0.295 e. The fourth-order valence-corrected chi connectivity index (χ4v) is 2.43. The summed E-state index contributed by atoms with van der Waals surface area (Å²) in [6, 6.07) is 14.4. The van der Waals surface area contributed by atoms with Crippen LogP contribution in [0.2, 0.25) is 0 Å². The zero-order valence-corrected chi connectivity index (χ0v) is 16.3. The van der Waals surface area contributed by atoms with Crippen LogP contribution in [0.3, 0.4) is 0 Å². The van der Waals surface area contributed by atoms with Gasteiger partial charge >= 0.3 is 0 Å². The number of azo groups is 1. The average Bonchev–Trinajstić information content (AvgIpc) is 2.58. The Hall–Kier alpha value is -2.62. The lowest BCUT2D eigenvalue weighted by molar-refractivity contribution is 0.0947. The molecule has 2 aromatic carbocycles. The maximum atomic E-state index is 12.1. The molecule has 26 heavy (non-hydrogen) atoms. The van der Waals surface area contributed by atoms with Gasteiger partial charge in [-0.1, -0.05) is 65.8 Å². The molecule has 0 N–H and O–H groups in total. The fourth-order valence-electron chi connectivity index (χ4n) is 2.43. The second kappa shape index (κ2) is 7.32. The molecule has 0 aliphatic carbocycles. The summed E-state index contributed by atoms with van der Waals surface area (Å²) in [7, 11) is 0. The van der Waals surface area contributed by atoms with Gasteiger partial charge in [-0.3, -0.25) is 9.59 Å². The first-order valence-corrected chi connectivity index (χ1v) is 8.70. The molecule has 0 radical (unpaired) electrons. The molecule has 0 fully saturated rings. The van der Waals surface area contributed by atoms with Gasteiger partial charge in [0.2, 0.25) is 0 Å². The van der Waals surface area contributed by atoms with Crippen LogP contribution in [0, 0.1) is 0 Å². The topological polar surface area (TPSA) is 58.9 Å². The Balaban J connectivity index is 2.08. The van der Waals surface area contributed by atoms with E-state index in [1.54, 1.807) is 24.3 Å². The van der Waals surface area contributed by atoms with Crippen molar-refractivity contribution in [2.75, 3.05) is 0 Å². The van der Waals surface area contributed by atoms with Crippen molar-refractivity contribution in [3.63, 3.8) is 0 Å². The first-order valence-electron chi connectivity index (χ1n) is 8.70. The number of rotatable bonds is 2. The molecule has 2 amide bonds. The van der Waals surface area contributed by atoms with Crippen LogP contribution in [0.5, 0.6) is 0 Å². The molecular formula is C22H26N2O2. The molecule has 0 spiro atoms. The van der Waals surface area contributed by atoms with Crippen LogP contribution in [0.25, 0.3) is 0 Å². The van der Waals surface area contributed by atoms with Gasteiger partial charge in [0, 0.05) is 11.1 Å². The maximum Gasteiger partial charge on any atom is 0.295 e. The van der Waals surface area contributed by atoms with Crippen molar-refractivity contribution in [1.82, 2.24) is 0 Å². The van der Waals surface area contributed by atoms with Crippen LogP contribution < -0.4 is 0 Å². The summed E-state index contributed by atoms with van der Waals surface area (Å²) < 4.78 is 0. The van der Waals surface area contributed by atoms with E-state index >= 15 is 0 Å². The number of amides is 2. The monoisotopic (exact) mass is 350 g/mol. The predicted octanol–water partition coefficient (Wildman–Crippen LogP) is 5.71. The molecule has 136 valence electrons. The van der Waals surface area contributed by atoms with Crippen molar-refractivity contribution in [3.8, 4) is 0 Å². The molecule has 2 rings (SSSR count). The Morgan fingerprint density at radius 2 is 0.846 bits per heavy atom. The third-order valence-electron chi connectivity index (χ3n) is 4.23. The number of carbonyl (C=O) groups excluding carboxylic acids is 2. The zero-order chi connectivity index (χ0) is 19.5. The lowest BCUT2D eigenvalue weighted by Gasteiger charge is -2.18. The van der Waals surface area contributed by atoms with Crippen LogP contribution in [-0.4, -0.2) is 11.8 Å². The van der Waals surface area contributed by atoms with E-state index in [1.165, 1.54) is 0 Å². The summed E-state index contributed by atoms with van der Waals surface area (Å²) in [4.78, 5) is 24.2. The van der Waals surface area contributed by atoms with E-state index in [0.29, 0.717) is 11.1 Å². The van der Waals surface area contributed by atoms with E-state index < -0.39 is 11.8 Å². The highest BCUT2D eigenvalue weighted by molar-refractivity contribution is 5.98. The second-order valence-electron chi connectivity index (χ2n) is 8.47. The van der Waals surface area contributed by atoms with Gasteiger partial charge in [0.25, 0.3) is 11.8 Å². The van der Waals surface area contributed by atoms with Crippen molar-refractivity contribution >= 4 is 11.8 Å². The van der Waals surface area contributed by atoms with Crippen molar-refractivity contribution in [2.24, 2.45) is 10.2 Å². The van der Waals surface area contributed by atoms with Crippen molar-refractivity contribution in [1.29, 1.82) is 0 Å². The first-order chi connectivity index (χ1) is 12.0. The molecule has 0 saturated heterocycles. The van der Waals surface area contributed by atoms with E-state index in [9.17, 15) is 9.59 Å². The van der Waals surface area contributed by atoms with Gasteiger partial charge in [-0.05, 0) is 46.2 Å². The van der Waals surface area contributed by atoms with Gasteiger partial charge in [-0.2, -0.15) is 0 Å². The van der Waals surface area contributed by atoms with Gasteiger partial charge in [0.15, 0.2) is 0 Å². The van der Waals surface area contributed by atoms with Crippen LogP contribution >= 0.6 is 0 Å². The Bertz CT molecular complexity index is 747. The summed E-state index contributed by atoms with van der Waals surface area (Å²) >= 11 is 0. The summed E-state index contributed by atoms with van der Waals surface area (Å²) in [6.45, 7) is 12.6. The zero-order valence-electron chi connectivity index (χ0n) is 16.3. The molecule has 0 aliphatic rings. The summed E-state index contributed by atoms with van der Waals surface area (Å²) in [5.74, 6) is -1.05. The molecule has 0 aromatic heterocycles. The third-order valence-corrected chi connectivity index (χ3v) is 4.23. The van der Waals surface area contributed by atoms with Crippen LogP contribution in [0.4, 0.5) is 0 Å². The number of nitrogens with zero attached hydrogens (tertiary/aromatic N) is 2. The first kappa shape index (κ1) is 19.7. The summed E-state index contributed by atoms with van der Waals surface area (Å²) in [5, 5.41) is 7.14. The molecule has 0 saturated carbocycles. The SMILES string of the molecule is CC(C)(C)c1ccc(C(=O)N=NC(=O)c2ccc(C(C)(C)C)cc2)cc1. The lowest BCUT2D eigenvalue weighted by Crippen LogP contribution is -2.11. The van der Waals surface area contributed by atoms with Crippen molar-refractivity contribution < 1.29 is 9.59 Å². The minimum absolute atomic E-state index is 0.0122. The molecule has 0 heterocycles. The number of benzene rings is 2. The molecule has 4 heteroatoms. The van der Waals surface area contributed by atoms with Crippen LogP contribution in [0.1, 0.15) is 73.4 Å².